The number of urea groups is 1. The number of hydrogen-bond donors (Lipinski definition) is 1. The van der Waals surface area contributed by atoms with Crippen LogP contribution in [-0.4, -0.2) is 12.6 Å². The standard InChI is InChI=1S/C22H20N2O2S/c1-2-15-26-17-13-11-16(12-14-17)23-22(25)24-18-7-3-5-9-20(18)27-21-10-6-4-8-19(21)24/h3-14H,2,15H2,1H3,(H,23,25). The number of carbonyl (C=O) groups is 1. The molecule has 0 bridgehead atoms. The van der Waals surface area contributed by atoms with Crippen LogP contribution in [0.25, 0.3) is 0 Å². The smallest absolute Gasteiger partial charge is 0.331 e. The Bertz CT molecular complexity index is 911. The van der Waals surface area contributed by atoms with Gasteiger partial charge in [0.25, 0.3) is 0 Å². The highest BCUT2D eigenvalue weighted by Gasteiger charge is 2.27. The molecule has 0 radical (unpaired) electrons. The summed E-state index contributed by atoms with van der Waals surface area (Å²) < 4.78 is 5.60. The second kappa shape index (κ2) is 7.76. The number of fused-ring (bicyclic) bond motifs is 2. The molecule has 0 saturated heterocycles. The molecule has 0 spiro atoms. The topological polar surface area (TPSA) is 41.6 Å². The molecule has 0 unspecified atom stereocenters. The molecule has 0 saturated carbocycles. The van der Waals surface area contributed by atoms with E-state index in [1.54, 1.807) is 16.7 Å². The number of para-hydroxylation sites is 2. The maximum atomic E-state index is 13.1. The van der Waals surface area contributed by atoms with Gasteiger partial charge in [-0.2, -0.15) is 0 Å². The molecule has 0 fully saturated rings. The zero-order valence-electron chi connectivity index (χ0n) is 15.0. The van der Waals surface area contributed by atoms with Gasteiger partial charge in [0.1, 0.15) is 5.75 Å². The van der Waals surface area contributed by atoms with Crippen molar-refractivity contribution in [1.82, 2.24) is 0 Å². The van der Waals surface area contributed by atoms with Crippen molar-refractivity contribution in [2.75, 3.05) is 16.8 Å². The lowest BCUT2D eigenvalue weighted by Gasteiger charge is -2.31. The molecule has 0 atom stereocenters. The van der Waals surface area contributed by atoms with Crippen molar-refractivity contribution < 1.29 is 9.53 Å². The first-order valence-electron chi connectivity index (χ1n) is 8.96. The summed E-state index contributed by atoms with van der Waals surface area (Å²) in [4.78, 5) is 17.0. The number of nitrogens with zero attached hydrogens (tertiary/aromatic N) is 1. The van der Waals surface area contributed by atoms with Gasteiger partial charge in [0.15, 0.2) is 0 Å². The van der Waals surface area contributed by atoms with Crippen molar-refractivity contribution in [3.05, 3.63) is 72.8 Å². The number of carbonyl (C=O) groups excluding carboxylic acids is 1. The van der Waals surface area contributed by atoms with Gasteiger partial charge in [0, 0.05) is 15.5 Å². The number of ether oxygens (including phenoxy) is 1. The third kappa shape index (κ3) is 3.64. The highest BCUT2D eigenvalue weighted by Crippen LogP contribution is 2.47. The summed E-state index contributed by atoms with van der Waals surface area (Å²) in [6, 6.07) is 23.2. The van der Waals surface area contributed by atoms with Gasteiger partial charge in [0.05, 0.1) is 18.0 Å². The monoisotopic (exact) mass is 376 g/mol. The Morgan fingerprint density at radius 2 is 1.52 bits per heavy atom. The molecule has 4 rings (SSSR count). The number of nitrogens with one attached hydrogen (secondary N) is 1. The summed E-state index contributed by atoms with van der Waals surface area (Å²) in [6.07, 6.45) is 0.963. The molecule has 27 heavy (non-hydrogen) atoms. The van der Waals surface area contributed by atoms with Crippen LogP contribution >= 0.6 is 11.8 Å². The van der Waals surface area contributed by atoms with E-state index in [-0.39, 0.29) is 6.03 Å². The number of anilines is 3. The minimum atomic E-state index is -0.183. The van der Waals surface area contributed by atoms with Crippen LogP contribution in [0.15, 0.2) is 82.6 Å². The van der Waals surface area contributed by atoms with Crippen molar-refractivity contribution in [2.45, 2.75) is 23.1 Å². The largest absolute Gasteiger partial charge is 0.494 e. The van der Waals surface area contributed by atoms with Crippen LogP contribution in [0.4, 0.5) is 21.9 Å². The van der Waals surface area contributed by atoms with Gasteiger partial charge in [0.2, 0.25) is 0 Å². The van der Waals surface area contributed by atoms with E-state index in [9.17, 15) is 4.79 Å². The van der Waals surface area contributed by atoms with Crippen LogP contribution in [0.3, 0.4) is 0 Å². The third-order valence-corrected chi connectivity index (χ3v) is 5.34. The summed E-state index contributed by atoms with van der Waals surface area (Å²) in [5, 5.41) is 3.00. The molecule has 5 heteroatoms. The van der Waals surface area contributed by atoms with Crippen LogP contribution in [0.2, 0.25) is 0 Å². The molecule has 3 aromatic carbocycles. The number of hydrogen-bond acceptors (Lipinski definition) is 3. The highest BCUT2D eigenvalue weighted by molar-refractivity contribution is 7.99. The number of amides is 2. The predicted molar refractivity (Wildman–Crippen MR) is 110 cm³/mol. The summed E-state index contributed by atoms with van der Waals surface area (Å²) in [6.45, 7) is 2.76. The Labute approximate surface area is 163 Å². The molecule has 136 valence electrons. The first kappa shape index (κ1) is 17.5. The lowest BCUT2D eigenvalue weighted by Crippen LogP contribution is -2.32. The quantitative estimate of drug-likeness (QED) is 0.580. The molecule has 0 aromatic heterocycles. The van der Waals surface area contributed by atoms with Gasteiger partial charge in [-0.15, -0.1) is 0 Å². The van der Waals surface area contributed by atoms with Gasteiger partial charge < -0.3 is 10.1 Å². The van der Waals surface area contributed by atoms with E-state index in [0.717, 1.165) is 39.0 Å². The summed E-state index contributed by atoms with van der Waals surface area (Å²) in [5.41, 5.74) is 2.51. The fourth-order valence-electron chi connectivity index (χ4n) is 2.96. The van der Waals surface area contributed by atoms with Gasteiger partial charge in [-0.05, 0) is 55.0 Å². The third-order valence-electron chi connectivity index (χ3n) is 4.21. The summed E-state index contributed by atoms with van der Waals surface area (Å²) in [7, 11) is 0. The maximum Gasteiger partial charge on any atom is 0.331 e. The SMILES string of the molecule is CCCOc1ccc(NC(=O)N2c3ccccc3Sc3ccccc32)cc1. The normalized spacial score (nSPS) is 12.1. The van der Waals surface area contributed by atoms with Gasteiger partial charge in [-0.25, -0.2) is 4.79 Å². The van der Waals surface area contributed by atoms with Crippen LogP contribution < -0.4 is 15.0 Å². The minimum Gasteiger partial charge on any atom is -0.494 e. The molecule has 0 aliphatic carbocycles. The average molecular weight is 376 g/mol. The number of benzene rings is 3. The molecule has 1 aliphatic rings. The zero-order chi connectivity index (χ0) is 18.6. The van der Waals surface area contributed by atoms with Crippen molar-refractivity contribution in [1.29, 1.82) is 0 Å². The Morgan fingerprint density at radius 1 is 0.926 bits per heavy atom. The van der Waals surface area contributed by atoms with E-state index >= 15 is 0 Å². The molecule has 3 aromatic rings. The minimum absolute atomic E-state index is 0.183. The molecule has 4 nitrogen and oxygen atoms in total. The van der Waals surface area contributed by atoms with Crippen molar-refractivity contribution in [3.8, 4) is 5.75 Å². The van der Waals surface area contributed by atoms with E-state index < -0.39 is 0 Å². The van der Waals surface area contributed by atoms with Crippen LogP contribution in [0.1, 0.15) is 13.3 Å². The summed E-state index contributed by atoms with van der Waals surface area (Å²) in [5.74, 6) is 0.805. The Kier molecular flexibility index (Phi) is 5.03. The van der Waals surface area contributed by atoms with E-state index in [1.807, 2.05) is 72.8 Å². The Hall–Kier alpha value is -2.92. The average Bonchev–Trinajstić information content (AvgIpc) is 2.71. The Balaban J connectivity index is 1.60. The van der Waals surface area contributed by atoms with E-state index in [0.29, 0.717) is 6.61 Å². The lowest BCUT2D eigenvalue weighted by molar-refractivity contribution is 0.258. The molecular weight excluding hydrogens is 356 g/mol. The zero-order valence-corrected chi connectivity index (χ0v) is 15.8. The van der Waals surface area contributed by atoms with Crippen LogP contribution in [0, 0.1) is 0 Å². The van der Waals surface area contributed by atoms with Gasteiger partial charge in [-0.1, -0.05) is 43.0 Å². The first-order chi connectivity index (χ1) is 13.3. The van der Waals surface area contributed by atoms with Gasteiger partial charge in [-0.3, -0.25) is 4.90 Å². The van der Waals surface area contributed by atoms with E-state index in [4.69, 9.17) is 4.74 Å². The molecule has 1 heterocycles. The Morgan fingerprint density at radius 3 is 2.11 bits per heavy atom. The summed E-state index contributed by atoms with van der Waals surface area (Å²) >= 11 is 1.68. The van der Waals surface area contributed by atoms with E-state index in [1.165, 1.54) is 0 Å². The van der Waals surface area contributed by atoms with Crippen molar-refractivity contribution in [3.63, 3.8) is 0 Å². The molecule has 1 N–H and O–H groups in total. The molecule has 1 aliphatic heterocycles. The molecule has 2 amide bonds. The lowest BCUT2D eigenvalue weighted by atomic mass is 10.2. The second-order valence-corrected chi connectivity index (χ2v) is 7.26. The van der Waals surface area contributed by atoms with Gasteiger partial charge >= 0.3 is 6.03 Å². The van der Waals surface area contributed by atoms with E-state index in [2.05, 4.69) is 12.2 Å². The predicted octanol–water partition coefficient (Wildman–Crippen LogP) is 6.31. The maximum absolute atomic E-state index is 13.1. The first-order valence-corrected chi connectivity index (χ1v) is 9.78. The highest BCUT2D eigenvalue weighted by atomic mass is 32.2. The van der Waals surface area contributed by atoms with Crippen LogP contribution in [0.5, 0.6) is 5.75 Å². The van der Waals surface area contributed by atoms with Crippen molar-refractivity contribution >= 4 is 34.9 Å². The number of rotatable bonds is 4. The van der Waals surface area contributed by atoms with Crippen molar-refractivity contribution in [2.24, 2.45) is 0 Å². The van der Waals surface area contributed by atoms with Crippen LogP contribution in [-0.2, 0) is 0 Å². The fourth-order valence-corrected chi connectivity index (χ4v) is 4.02. The molecular formula is C22H20N2O2S. The second-order valence-electron chi connectivity index (χ2n) is 6.18. The fraction of sp³-hybridized carbons (Fsp3) is 0.136.